The zero-order valence-corrected chi connectivity index (χ0v) is 10.3. The number of aromatic carboxylic acids is 1. The third-order valence-electron chi connectivity index (χ3n) is 2.60. The summed E-state index contributed by atoms with van der Waals surface area (Å²) >= 11 is 3.13. The van der Waals surface area contributed by atoms with Crippen LogP contribution in [-0.4, -0.2) is 34.7 Å². The molecule has 2 rings (SSSR count). The van der Waals surface area contributed by atoms with E-state index in [1.54, 1.807) is 12.1 Å². The zero-order chi connectivity index (χ0) is 12.6. The lowest BCUT2D eigenvalue weighted by Crippen LogP contribution is -2.25. The van der Waals surface area contributed by atoms with Gasteiger partial charge in [0.25, 0.3) is 0 Å². The molecule has 1 aromatic rings. The van der Waals surface area contributed by atoms with Gasteiger partial charge in [0, 0.05) is 10.2 Å². The van der Waals surface area contributed by atoms with Crippen LogP contribution in [0.2, 0.25) is 0 Å². The Morgan fingerprint density at radius 3 is 2.71 bits per heavy atom. The number of nitrogens with zero attached hydrogens (tertiary/aromatic N) is 1. The number of rotatable bonds is 2. The highest BCUT2D eigenvalue weighted by Gasteiger charge is 2.29. The Morgan fingerprint density at radius 1 is 1.47 bits per heavy atom. The standard InChI is InChI=1S/C11H10BrNO4/c12-9-2-1-6(3-8(9)11(16)17)13-5-7(14)4-10(13)15/h1-3,7,14H,4-5H2,(H,16,17). The zero-order valence-electron chi connectivity index (χ0n) is 8.76. The number of β-amino-alcohol motifs (C(OH)–C–C–N with tert-alkyl or cyclic N) is 1. The van der Waals surface area contributed by atoms with Gasteiger partial charge in [-0.15, -0.1) is 0 Å². The molecule has 0 spiro atoms. The van der Waals surface area contributed by atoms with E-state index in [4.69, 9.17) is 5.11 Å². The molecule has 90 valence electrons. The summed E-state index contributed by atoms with van der Waals surface area (Å²) in [5.41, 5.74) is 0.587. The van der Waals surface area contributed by atoms with E-state index < -0.39 is 12.1 Å². The molecule has 6 heteroatoms. The summed E-state index contributed by atoms with van der Waals surface area (Å²) in [6.07, 6.45) is -0.599. The topological polar surface area (TPSA) is 77.8 Å². The number of benzene rings is 1. The van der Waals surface area contributed by atoms with Crippen LogP contribution in [0.1, 0.15) is 16.8 Å². The minimum atomic E-state index is -1.06. The molecule has 1 heterocycles. The van der Waals surface area contributed by atoms with Gasteiger partial charge in [-0.2, -0.15) is 0 Å². The maximum absolute atomic E-state index is 11.6. The molecule has 1 unspecified atom stereocenters. The lowest BCUT2D eigenvalue weighted by atomic mass is 10.2. The van der Waals surface area contributed by atoms with E-state index in [0.717, 1.165) is 0 Å². The van der Waals surface area contributed by atoms with Gasteiger partial charge in [0.15, 0.2) is 0 Å². The molecule has 0 aromatic heterocycles. The molecule has 1 atom stereocenters. The van der Waals surface area contributed by atoms with E-state index in [9.17, 15) is 14.7 Å². The minimum Gasteiger partial charge on any atom is -0.478 e. The summed E-state index contributed by atoms with van der Waals surface area (Å²) in [7, 11) is 0. The predicted molar refractivity (Wildman–Crippen MR) is 64.1 cm³/mol. The molecule has 5 nitrogen and oxygen atoms in total. The average molecular weight is 300 g/mol. The maximum atomic E-state index is 11.6. The SMILES string of the molecule is O=C(O)c1cc(N2CC(O)CC2=O)ccc1Br. The van der Waals surface area contributed by atoms with E-state index in [0.29, 0.717) is 10.2 Å². The highest BCUT2D eigenvalue weighted by Crippen LogP contribution is 2.26. The van der Waals surface area contributed by atoms with E-state index in [1.165, 1.54) is 11.0 Å². The number of carbonyl (C=O) groups is 2. The number of anilines is 1. The van der Waals surface area contributed by atoms with Crippen molar-refractivity contribution in [3.05, 3.63) is 28.2 Å². The fraction of sp³-hybridized carbons (Fsp3) is 0.273. The Kier molecular flexibility index (Phi) is 3.17. The number of carboxylic acids is 1. The quantitative estimate of drug-likeness (QED) is 0.861. The average Bonchev–Trinajstić information content (AvgIpc) is 2.58. The van der Waals surface area contributed by atoms with Crippen LogP contribution < -0.4 is 4.90 Å². The number of aliphatic hydroxyl groups is 1. The predicted octanol–water partition coefficient (Wildman–Crippen LogP) is 1.24. The number of carboxylic acid groups (broad SMARTS) is 1. The maximum Gasteiger partial charge on any atom is 0.336 e. The third-order valence-corrected chi connectivity index (χ3v) is 3.29. The molecule has 1 aromatic carbocycles. The van der Waals surface area contributed by atoms with Crippen molar-refractivity contribution in [2.24, 2.45) is 0 Å². The second-order valence-corrected chi connectivity index (χ2v) is 4.69. The van der Waals surface area contributed by atoms with E-state index in [-0.39, 0.29) is 24.4 Å². The Balaban J connectivity index is 2.37. The van der Waals surface area contributed by atoms with Crippen LogP contribution in [0.3, 0.4) is 0 Å². The molecule has 1 saturated heterocycles. The number of amides is 1. The van der Waals surface area contributed by atoms with Crippen LogP contribution in [0.15, 0.2) is 22.7 Å². The van der Waals surface area contributed by atoms with Gasteiger partial charge in [0.1, 0.15) is 0 Å². The fourth-order valence-electron chi connectivity index (χ4n) is 1.78. The first-order valence-electron chi connectivity index (χ1n) is 5.00. The lowest BCUT2D eigenvalue weighted by molar-refractivity contribution is -0.117. The fourth-order valence-corrected chi connectivity index (χ4v) is 2.20. The monoisotopic (exact) mass is 299 g/mol. The summed E-state index contributed by atoms with van der Waals surface area (Å²) in [5, 5.41) is 18.3. The Labute approximate surface area is 106 Å². The van der Waals surface area contributed by atoms with E-state index >= 15 is 0 Å². The van der Waals surface area contributed by atoms with Gasteiger partial charge in [-0.3, -0.25) is 4.79 Å². The van der Waals surface area contributed by atoms with Crippen molar-refractivity contribution in [3.8, 4) is 0 Å². The number of carbonyl (C=O) groups excluding carboxylic acids is 1. The van der Waals surface area contributed by atoms with Gasteiger partial charge in [-0.25, -0.2) is 4.79 Å². The van der Waals surface area contributed by atoms with Crippen LogP contribution >= 0.6 is 15.9 Å². The molecule has 0 aliphatic carbocycles. The first-order valence-corrected chi connectivity index (χ1v) is 5.79. The normalized spacial score (nSPS) is 19.8. The summed E-state index contributed by atoms with van der Waals surface area (Å²) in [4.78, 5) is 23.9. The molecule has 1 aliphatic heterocycles. The van der Waals surface area contributed by atoms with Crippen LogP contribution in [0, 0.1) is 0 Å². The van der Waals surface area contributed by atoms with E-state index in [2.05, 4.69) is 15.9 Å². The minimum absolute atomic E-state index is 0.0818. The number of aliphatic hydroxyl groups excluding tert-OH is 1. The van der Waals surface area contributed by atoms with Crippen LogP contribution in [0.4, 0.5) is 5.69 Å². The molecule has 2 N–H and O–H groups in total. The van der Waals surface area contributed by atoms with Crippen molar-refractivity contribution in [1.82, 2.24) is 0 Å². The second kappa shape index (κ2) is 4.46. The molecular formula is C11H10BrNO4. The second-order valence-electron chi connectivity index (χ2n) is 3.83. The Morgan fingerprint density at radius 2 is 2.18 bits per heavy atom. The summed E-state index contributed by atoms with van der Waals surface area (Å²) in [6, 6.07) is 4.64. The van der Waals surface area contributed by atoms with Gasteiger partial charge in [-0.05, 0) is 34.1 Å². The highest BCUT2D eigenvalue weighted by atomic mass is 79.9. The Bertz CT molecular complexity index is 488. The van der Waals surface area contributed by atoms with Crippen molar-refractivity contribution in [1.29, 1.82) is 0 Å². The van der Waals surface area contributed by atoms with Gasteiger partial charge >= 0.3 is 5.97 Å². The molecule has 0 bridgehead atoms. The van der Waals surface area contributed by atoms with Gasteiger partial charge in [0.05, 0.1) is 24.6 Å². The van der Waals surface area contributed by atoms with Crippen LogP contribution in [0.25, 0.3) is 0 Å². The lowest BCUT2D eigenvalue weighted by Gasteiger charge is -2.16. The largest absolute Gasteiger partial charge is 0.478 e. The first kappa shape index (κ1) is 12.1. The van der Waals surface area contributed by atoms with Crippen LogP contribution in [0.5, 0.6) is 0 Å². The number of hydrogen-bond acceptors (Lipinski definition) is 3. The molecular weight excluding hydrogens is 290 g/mol. The smallest absolute Gasteiger partial charge is 0.336 e. The van der Waals surface area contributed by atoms with Crippen molar-refractivity contribution in [2.45, 2.75) is 12.5 Å². The highest BCUT2D eigenvalue weighted by molar-refractivity contribution is 9.10. The Hall–Kier alpha value is -1.40. The van der Waals surface area contributed by atoms with Crippen molar-refractivity contribution in [2.75, 3.05) is 11.4 Å². The van der Waals surface area contributed by atoms with Gasteiger partial charge in [0.2, 0.25) is 5.91 Å². The van der Waals surface area contributed by atoms with Crippen molar-refractivity contribution >= 4 is 33.5 Å². The van der Waals surface area contributed by atoms with Gasteiger partial charge in [-0.1, -0.05) is 0 Å². The van der Waals surface area contributed by atoms with Gasteiger partial charge < -0.3 is 15.1 Å². The third kappa shape index (κ3) is 2.32. The summed E-state index contributed by atoms with van der Waals surface area (Å²) < 4.78 is 0.459. The molecule has 1 amide bonds. The molecule has 1 fully saturated rings. The number of halogens is 1. The van der Waals surface area contributed by atoms with E-state index in [1.807, 2.05) is 0 Å². The van der Waals surface area contributed by atoms with Crippen molar-refractivity contribution in [3.63, 3.8) is 0 Å². The molecule has 0 saturated carbocycles. The molecule has 17 heavy (non-hydrogen) atoms. The summed E-state index contributed by atoms with van der Waals surface area (Å²) in [5.74, 6) is -1.26. The number of hydrogen-bond donors (Lipinski definition) is 2. The molecule has 1 aliphatic rings. The van der Waals surface area contributed by atoms with Crippen molar-refractivity contribution < 1.29 is 19.8 Å². The molecule has 0 radical (unpaired) electrons. The first-order chi connectivity index (χ1) is 7.99. The summed E-state index contributed by atoms with van der Waals surface area (Å²) in [6.45, 7) is 0.208. The van der Waals surface area contributed by atoms with Crippen LogP contribution in [-0.2, 0) is 4.79 Å².